The van der Waals surface area contributed by atoms with E-state index in [0.717, 1.165) is 12.1 Å². The molecule has 2 aromatic rings. The minimum atomic E-state index is -4.63. The molecule has 2 aromatic carbocycles. The third-order valence-corrected chi connectivity index (χ3v) is 4.55. The molecule has 1 unspecified atom stereocenters. The van der Waals surface area contributed by atoms with Crippen molar-refractivity contribution in [2.45, 2.75) is 26.1 Å². The standard InChI is InChI=1S/C20H21F3N4O4/c1-3-26(12-18(28)24-15-9-5-4-8-14(15)20(21,22)23)13(2)19(29)25-16-10-6-7-11-17(16)27(30)31/h4-11,13H,3,12H2,1-2H3,(H,24,28)(H,25,29). The maximum absolute atomic E-state index is 13.1. The molecule has 2 N–H and O–H groups in total. The van der Waals surface area contributed by atoms with Gasteiger partial charge in [-0.1, -0.05) is 31.2 Å². The maximum Gasteiger partial charge on any atom is 0.418 e. The van der Waals surface area contributed by atoms with Crippen LogP contribution in [0.3, 0.4) is 0 Å². The van der Waals surface area contributed by atoms with Gasteiger partial charge in [0, 0.05) is 6.07 Å². The summed E-state index contributed by atoms with van der Waals surface area (Å²) in [6.45, 7) is 3.05. The Morgan fingerprint density at radius 3 is 2.23 bits per heavy atom. The highest BCUT2D eigenvalue weighted by atomic mass is 19.4. The highest BCUT2D eigenvalue weighted by Gasteiger charge is 2.34. The number of carbonyl (C=O) groups is 2. The van der Waals surface area contributed by atoms with Crippen LogP contribution >= 0.6 is 0 Å². The van der Waals surface area contributed by atoms with Crippen molar-refractivity contribution in [1.29, 1.82) is 0 Å². The van der Waals surface area contributed by atoms with E-state index in [4.69, 9.17) is 0 Å². The van der Waals surface area contributed by atoms with Gasteiger partial charge in [-0.3, -0.25) is 24.6 Å². The number of alkyl halides is 3. The van der Waals surface area contributed by atoms with Crippen LogP contribution in [0, 0.1) is 10.1 Å². The highest BCUT2D eigenvalue weighted by molar-refractivity contribution is 5.97. The minimum Gasteiger partial charge on any atom is -0.324 e. The van der Waals surface area contributed by atoms with E-state index in [1.54, 1.807) is 6.92 Å². The van der Waals surface area contributed by atoms with Gasteiger partial charge in [0.25, 0.3) is 5.69 Å². The summed E-state index contributed by atoms with van der Waals surface area (Å²) < 4.78 is 39.3. The Morgan fingerprint density at radius 2 is 1.65 bits per heavy atom. The number of carbonyl (C=O) groups excluding carboxylic acids is 2. The summed E-state index contributed by atoms with van der Waals surface area (Å²) in [7, 11) is 0. The number of rotatable bonds is 8. The summed E-state index contributed by atoms with van der Waals surface area (Å²) in [6, 6.07) is 9.29. The van der Waals surface area contributed by atoms with Crippen LogP contribution in [0.25, 0.3) is 0 Å². The minimum absolute atomic E-state index is 0.00367. The average Bonchev–Trinajstić information content (AvgIpc) is 2.71. The number of nitro benzene ring substituents is 1. The predicted molar refractivity (Wildman–Crippen MR) is 109 cm³/mol. The largest absolute Gasteiger partial charge is 0.418 e. The van der Waals surface area contributed by atoms with Gasteiger partial charge in [0.2, 0.25) is 11.8 Å². The number of nitrogens with one attached hydrogen (secondary N) is 2. The zero-order valence-electron chi connectivity index (χ0n) is 16.8. The van der Waals surface area contributed by atoms with Crippen molar-refractivity contribution in [1.82, 2.24) is 4.90 Å². The molecule has 0 aliphatic carbocycles. The molecule has 0 aromatic heterocycles. The zero-order valence-corrected chi connectivity index (χ0v) is 16.8. The Labute approximate surface area is 176 Å². The number of halogens is 3. The van der Waals surface area contributed by atoms with E-state index >= 15 is 0 Å². The van der Waals surface area contributed by atoms with E-state index < -0.39 is 34.5 Å². The van der Waals surface area contributed by atoms with Crippen molar-refractivity contribution >= 4 is 28.9 Å². The number of nitro groups is 1. The third kappa shape index (κ3) is 6.25. The van der Waals surface area contributed by atoms with Crippen molar-refractivity contribution in [2.24, 2.45) is 0 Å². The van der Waals surface area contributed by atoms with Crippen LogP contribution < -0.4 is 10.6 Å². The molecular formula is C20H21F3N4O4. The van der Waals surface area contributed by atoms with Gasteiger partial charge in [-0.25, -0.2) is 0 Å². The molecule has 0 saturated heterocycles. The van der Waals surface area contributed by atoms with Gasteiger partial charge < -0.3 is 10.6 Å². The Hall–Kier alpha value is -3.47. The van der Waals surface area contributed by atoms with E-state index in [-0.39, 0.29) is 30.2 Å². The molecule has 0 aliphatic rings. The van der Waals surface area contributed by atoms with Crippen LogP contribution in [0.5, 0.6) is 0 Å². The first-order valence-corrected chi connectivity index (χ1v) is 9.29. The fourth-order valence-electron chi connectivity index (χ4n) is 2.88. The summed E-state index contributed by atoms with van der Waals surface area (Å²) in [5.74, 6) is -1.33. The predicted octanol–water partition coefficient (Wildman–Crippen LogP) is 3.90. The van der Waals surface area contributed by atoms with Crippen LogP contribution in [0.1, 0.15) is 19.4 Å². The molecule has 0 radical (unpaired) electrons. The van der Waals surface area contributed by atoms with Gasteiger partial charge in [0.1, 0.15) is 5.69 Å². The van der Waals surface area contributed by atoms with Crippen molar-refractivity contribution < 1.29 is 27.7 Å². The summed E-state index contributed by atoms with van der Waals surface area (Å²) in [4.78, 5) is 36.8. The van der Waals surface area contributed by atoms with Gasteiger partial charge >= 0.3 is 6.18 Å². The summed E-state index contributed by atoms with van der Waals surface area (Å²) in [5.41, 5.74) is -1.64. The van der Waals surface area contributed by atoms with Crippen molar-refractivity contribution in [3.8, 4) is 0 Å². The van der Waals surface area contributed by atoms with Crippen LogP contribution in [0.2, 0.25) is 0 Å². The molecule has 0 heterocycles. The first-order chi connectivity index (χ1) is 14.5. The van der Waals surface area contributed by atoms with E-state index in [9.17, 15) is 32.9 Å². The van der Waals surface area contributed by atoms with E-state index in [0.29, 0.717) is 0 Å². The number of hydrogen-bond donors (Lipinski definition) is 2. The molecule has 0 saturated carbocycles. The van der Waals surface area contributed by atoms with E-state index in [1.165, 1.54) is 48.2 Å². The third-order valence-electron chi connectivity index (χ3n) is 4.55. The van der Waals surface area contributed by atoms with Crippen molar-refractivity contribution in [2.75, 3.05) is 23.7 Å². The van der Waals surface area contributed by atoms with Crippen LogP contribution in [0.15, 0.2) is 48.5 Å². The second-order valence-corrected chi connectivity index (χ2v) is 6.59. The number of anilines is 2. The number of nitrogens with zero attached hydrogens (tertiary/aromatic N) is 2. The highest BCUT2D eigenvalue weighted by Crippen LogP contribution is 2.34. The van der Waals surface area contributed by atoms with Gasteiger partial charge in [-0.15, -0.1) is 0 Å². The smallest absolute Gasteiger partial charge is 0.324 e. The zero-order chi connectivity index (χ0) is 23.2. The monoisotopic (exact) mass is 438 g/mol. The van der Waals surface area contributed by atoms with Gasteiger partial charge in [0.15, 0.2) is 0 Å². The molecule has 2 rings (SSSR count). The summed E-state index contributed by atoms with van der Waals surface area (Å²) in [6.07, 6.45) is -4.63. The molecule has 166 valence electrons. The number of para-hydroxylation sites is 3. The van der Waals surface area contributed by atoms with Crippen LogP contribution in [0.4, 0.5) is 30.2 Å². The van der Waals surface area contributed by atoms with Gasteiger partial charge in [-0.2, -0.15) is 13.2 Å². The van der Waals surface area contributed by atoms with Crippen LogP contribution in [-0.4, -0.2) is 40.8 Å². The molecule has 31 heavy (non-hydrogen) atoms. The molecular weight excluding hydrogens is 417 g/mol. The molecule has 0 aliphatic heterocycles. The lowest BCUT2D eigenvalue weighted by Gasteiger charge is -2.26. The quantitative estimate of drug-likeness (QED) is 0.481. The summed E-state index contributed by atoms with van der Waals surface area (Å²) in [5, 5.41) is 15.8. The lowest BCUT2D eigenvalue weighted by Crippen LogP contribution is -2.45. The Bertz CT molecular complexity index is 965. The number of hydrogen-bond acceptors (Lipinski definition) is 5. The molecule has 0 bridgehead atoms. The molecule has 2 amide bonds. The maximum atomic E-state index is 13.1. The molecule has 11 heteroatoms. The van der Waals surface area contributed by atoms with Gasteiger partial charge in [0.05, 0.1) is 28.8 Å². The van der Waals surface area contributed by atoms with E-state index in [1.807, 2.05) is 0 Å². The Balaban J connectivity index is 2.08. The second-order valence-electron chi connectivity index (χ2n) is 6.59. The van der Waals surface area contributed by atoms with E-state index in [2.05, 4.69) is 10.6 Å². The Morgan fingerprint density at radius 1 is 1.06 bits per heavy atom. The fourth-order valence-corrected chi connectivity index (χ4v) is 2.88. The normalized spacial score (nSPS) is 12.3. The second kappa shape index (κ2) is 10.0. The lowest BCUT2D eigenvalue weighted by atomic mass is 10.1. The number of amides is 2. The molecule has 1 atom stereocenters. The van der Waals surface area contributed by atoms with Crippen molar-refractivity contribution in [3.05, 3.63) is 64.2 Å². The average molecular weight is 438 g/mol. The first-order valence-electron chi connectivity index (χ1n) is 9.29. The van der Waals surface area contributed by atoms with Crippen molar-refractivity contribution in [3.63, 3.8) is 0 Å². The first kappa shape index (κ1) is 23.8. The topological polar surface area (TPSA) is 105 Å². The SMILES string of the molecule is CCN(CC(=O)Nc1ccccc1C(F)(F)F)C(C)C(=O)Nc1ccccc1[N+](=O)[O-]. The molecule has 8 nitrogen and oxygen atoms in total. The summed E-state index contributed by atoms with van der Waals surface area (Å²) >= 11 is 0. The molecule has 0 spiro atoms. The van der Waals surface area contributed by atoms with Gasteiger partial charge in [-0.05, 0) is 31.7 Å². The number of likely N-dealkylation sites (N-methyl/N-ethyl adjacent to an activating group) is 1. The fraction of sp³-hybridized carbons (Fsp3) is 0.300. The Kier molecular flexibility index (Phi) is 7.70. The molecule has 0 fully saturated rings. The number of benzene rings is 2. The van der Waals surface area contributed by atoms with Crippen LogP contribution in [-0.2, 0) is 15.8 Å². The lowest BCUT2D eigenvalue weighted by molar-refractivity contribution is -0.383.